The van der Waals surface area contributed by atoms with E-state index in [1.807, 2.05) is 0 Å². The second kappa shape index (κ2) is 6.72. The summed E-state index contributed by atoms with van der Waals surface area (Å²) in [4.78, 5) is 7.27. The van der Waals surface area contributed by atoms with Crippen molar-refractivity contribution in [3.05, 3.63) is 0 Å². The van der Waals surface area contributed by atoms with Gasteiger partial charge in [0, 0.05) is 0 Å². The van der Waals surface area contributed by atoms with Crippen molar-refractivity contribution in [1.29, 1.82) is 0 Å². The first-order valence-corrected chi connectivity index (χ1v) is 1.48. The van der Waals surface area contributed by atoms with E-state index >= 15 is 0 Å². The largest absolute Gasteiger partial charge is 0.207 e. The average molecular weight is 127 g/mol. The van der Waals surface area contributed by atoms with E-state index < -0.39 is 0 Å². The third-order valence-electron chi connectivity index (χ3n) is 0.191. The van der Waals surface area contributed by atoms with Gasteiger partial charge in [-0.1, -0.05) is 0 Å². The summed E-state index contributed by atoms with van der Waals surface area (Å²) in [7, 11) is 1.20. The van der Waals surface area contributed by atoms with Crippen molar-refractivity contribution in [1.82, 2.24) is 0 Å². The van der Waals surface area contributed by atoms with Crippen LogP contribution in [0, 0.1) is 0 Å². The zero-order valence-corrected chi connectivity index (χ0v) is 4.03. The van der Waals surface area contributed by atoms with Crippen LogP contribution < -0.4 is 5.90 Å². The Balaban J connectivity index is 2.53. The third kappa shape index (κ3) is 5.72. The minimum atomic E-state index is 1.20. The van der Waals surface area contributed by atoms with Crippen LogP contribution in [0.2, 0.25) is 0 Å². The molecule has 0 saturated heterocycles. The van der Waals surface area contributed by atoms with Gasteiger partial charge in [0.25, 0.3) is 0 Å². The van der Waals surface area contributed by atoms with Crippen LogP contribution in [0.1, 0.15) is 0 Å². The fourth-order valence-corrected chi connectivity index (χ4v) is 0.0665. The molecule has 0 atom stereocenters. The first-order chi connectivity index (χ1) is 3.91. The normalized spacial score (nSPS) is 9.75. The molecule has 0 aliphatic rings. The zero-order chi connectivity index (χ0) is 6.24. The fraction of sp³-hybridized carbons (Fsp3) is 1.00. The minimum absolute atomic E-state index is 1.20. The summed E-state index contributed by atoms with van der Waals surface area (Å²) in [6.07, 6.45) is 0. The molecule has 0 heterocycles. The minimum Gasteiger partial charge on any atom is -0.207 e. The van der Waals surface area contributed by atoms with E-state index in [2.05, 4.69) is 35.9 Å². The van der Waals surface area contributed by atoms with E-state index in [0.29, 0.717) is 0 Å². The van der Waals surface area contributed by atoms with Crippen molar-refractivity contribution in [2.24, 2.45) is 5.90 Å². The highest BCUT2D eigenvalue weighted by atomic mass is 17.8. The standard InChI is InChI=1S/CH5NO6/c1-3-5-7-8-6-4-2/h2H2,1H3. The van der Waals surface area contributed by atoms with Gasteiger partial charge in [0.05, 0.1) is 7.11 Å². The molecule has 0 rings (SSSR count). The van der Waals surface area contributed by atoms with Crippen molar-refractivity contribution >= 4 is 0 Å². The van der Waals surface area contributed by atoms with Gasteiger partial charge in [0.2, 0.25) is 0 Å². The van der Waals surface area contributed by atoms with Gasteiger partial charge in [-0.2, -0.15) is 5.90 Å². The lowest BCUT2D eigenvalue weighted by Gasteiger charge is -1.92. The van der Waals surface area contributed by atoms with Crippen LogP contribution in [-0.4, -0.2) is 7.11 Å². The van der Waals surface area contributed by atoms with E-state index in [4.69, 9.17) is 0 Å². The molecular formula is CH5NO6. The maximum Gasteiger partial charge on any atom is 0.0745 e. The highest BCUT2D eigenvalue weighted by Gasteiger charge is 1.85. The van der Waals surface area contributed by atoms with Crippen molar-refractivity contribution in [2.75, 3.05) is 7.11 Å². The lowest BCUT2D eigenvalue weighted by molar-refractivity contribution is -0.755. The van der Waals surface area contributed by atoms with Gasteiger partial charge in [-0.05, 0) is 20.2 Å². The van der Waals surface area contributed by atoms with Gasteiger partial charge in [-0.25, -0.2) is 4.89 Å². The van der Waals surface area contributed by atoms with E-state index in [1.54, 1.807) is 0 Å². The Kier molecular flexibility index (Phi) is 6.48. The summed E-state index contributed by atoms with van der Waals surface area (Å²) < 4.78 is 0. The van der Waals surface area contributed by atoms with Crippen molar-refractivity contribution in [3.8, 4) is 0 Å². The lowest BCUT2D eigenvalue weighted by atomic mass is 11.8. The summed E-state index contributed by atoms with van der Waals surface area (Å²) in [5, 5.41) is 14.2. The van der Waals surface area contributed by atoms with Crippen LogP contribution in [0.25, 0.3) is 0 Å². The van der Waals surface area contributed by atoms with Crippen LogP contribution in [0.3, 0.4) is 0 Å². The molecule has 8 heavy (non-hydrogen) atoms. The maximum atomic E-state index is 4.29. The highest BCUT2D eigenvalue weighted by Crippen LogP contribution is 1.80. The molecule has 0 aromatic carbocycles. The summed E-state index contributed by atoms with van der Waals surface area (Å²) >= 11 is 0. The molecule has 0 amide bonds. The SMILES string of the molecule is COOOOOON. The topological polar surface area (TPSA) is 81.4 Å². The lowest BCUT2D eigenvalue weighted by Crippen LogP contribution is -2.02. The van der Waals surface area contributed by atoms with E-state index in [0.717, 1.165) is 0 Å². The molecule has 7 nitrogen and oxygen atoms in total. The first-order valence-electron chi connectivity index (χ1n) is 1.48. The molecule has 7 heteroatoms. The molecule has 0 aromatic rings. The Hall–Kier alpha value is -0.280. The summed E-state index contributed by atoms with van der Waals surface area (Å²) in [6.45, 7) is 0. The van der Waals surface area contributed by atoms with E-state index in [-0.39, 0.29) is 0 Å². The Morgan fingerprint density at radius 3 is 2.12 bits per heavy atom. The molecular weight excluding hydrogens is 122 g/mol. The maximum absolute atomic E-state index is 4.29. The summed E-state index contributed by atoms with van der Waals surface area (Å²) in [6, 6.07) is 0. The molecule has 0 saturated carbocycles. The smallest absolute Gasteiger partial charge is 0.0745 e. The Morgan fingerprint density at radius 2 is 1.62 bits per heavy atom. The number of hydrogen-bond donors (Lipinski definition) is 1. The second-order valence-electron chi connectivity index (χ2n) is 0.535. The molecule has 0 aliphatic heterocycles. The number of rotatable bonds is 5. The van der Waals surface area contributed by atoms with Crippen molar-refractivity contribution in [2.45, 2.75) is 0 Å². The molecule has 0 fully saturated rings. The van der Waals surface area contributed by atoms with Crippen LogP contribution in [0.4, 0.5) is 0 Å². The quantitative estimate of drug-likeness (QED) is 0.293. The van der Waals surface area contributed by atoms with E-state index in [1.165, 1.54) is 7.11 Å². The molecule has 50 valence electrons. The van der Waals surface area contributed by atoms with Gasteiger partial charge in [0.1, 0.15) is 0 Å². The highest BCUT2D eigenvalue weighted by molar-refractivity contribution is 3.36. The van der Waals surface area contributed by atoms with Gasteiger partial charge >= 0.3 is 0 Å². The zero-order valence-electron chi connectivity index (χ0n) is 4.03. The molecule has 0 spiro atoms. The van der Waals surface area contributed by atoms with Crippen molar-refractivity contribution < 1.29 is 30.0 Å². The monoisotopic (exact) mass is 127 g/mol. The van der Waals surface area contributed by atoms with Gasteiger partial charge in [-0.3, -0.25) is 0 Å². The van der Waals surface area contributed by atoms with Crippen LogP contribution in [0.5, 0.6) is 0 Å². The van der Waals surface area contributed by atoms with Gasteiger partial charge in [-0.15, -0.1) is 4.99 Å². The van der Waals surface area contributed by atoms with Gasteiger partial charge < -0.3 is 0 Å². The molecule has 0 radical (unpaired) electrons. The Labute approximate surface area is 44.4 Å². The second-order valence-corrected chi connectivity index (χ2v) is 0.535. The molecule has 0 aliphatic carbocycles. The first kappa shape index (κ1) is 7.72. The Morgan fingerprint density at radius 1 is 1.00 bits per heavy atom. The van der Waals surface area contributed by atoms with E-state index in [9.17, 15) is 0 Å². The molecule has 0 bridgehead atoms. The number of nitrogens with two attached hydrogens (primary N) is 1. The fourth-order valence-electron chi connectivity index (χ4n) is 0.0665. The molecule has 2 N–H and O–H groups in total. The predicted octanol–water partition coefficient (Wildman–Crippen LogP) is -0.835. The Bertz CT molecular complexity index is 33.5. The van der Waals surface area contributed by atoms with Crippen LogP contribution in [-0.2, 0) is 30.0 Å². The average Bonchev–Trinajstić information content (AvgIpc) is 1.81. The van der Waals surface area contributed by atoms with Crippen LogP contribution in [0.15, 0.2) is 0 Å². The molecule has 0 unspecified atom stereocenters. The van der Waals surface area contributed by atoms with Crippen LogP contribution >= 0.6 is 0 Å². The summed E-state index contributed by atoms with van der Waals surface area (Å²) in [5.41, 5.74) is 0. The number of hydrogen-bond acceptors (Lipinski definition) is 7. The van der Waals surface area contributed by atoms with Gasteiger partial charge in [0.15, 0.2) is 0 Å². The summed E-state index contributed by atoms with van der Waals surface area (Å²) in [5.74, 6) is 4.29. The predicted molar refractivity (Wildman–Crippen MR) is 16.6 cm³/mol. The van der Waals surface area contributed by atoms with Crippen molar-refractivity contribution in [3.63, 3.8) is 0 Å². The molecule has 0 aromatic heterocycles. The third-order valence-corrected chi connectivity index (χ3v) is 0.191.